The molecule has 4 fully saturated rings. The van der Waals surface area contributed by atoms with E-state index in [1.165, 1.54) is 44.1 Å². The lowest BCUT2D eigenvalue weighted by Crippen LogP contribution is -2.48. The summed E-state index contributed by atoms with van der Waals surface area (Å²) >= 11 is 0. The van der Waals surface area contributed by atoms with Crippen molar-refractivity contribution < 1.29 is 4.74 Å². The Hall–Kier alpha value is -2.29. The third kappa shape index (κ3) is 2.67. The zero-order valence-electron chi connectivity index (χ0n) is 15.7. The second-order valence-corrected chi connectivity index (χ2v) is 9.25. The number of nitrogens with one attached hydrogen (secondary N) is 1. The maximum absolute atomic E-state index is 5.90. The summed E-state index contributed by atoms with van der Waals surface area (Å²) in [6, 6.07) is 17.8. The van der Waals surface area contributed by atoms with Gasteiger partial charge in [-0.3, -0.25) is 0 Å². The molecule has 4 aliphatic rings. The Bertz CT molecular complexity index is 939. The quantitative estimate of drug-likeness (QED) is 0.658. The van der Waals surface area contributed by atoms with Crippen LogP contribution < -0.4 is 4.74 Å². The predicted molar refractivity (Wildman–Crippen MR) is 107 cm³/mol. The fraction of sp³-hybridized carbons (Fsp3) is 0.458. The first-order valence-electron chi connectivity index (χ1n) is 10.4. The van der Waals surface area contributed by atoms with Crippen LogP contribution in [-0.4, -0.2) is 9.97 Å². The number of imidazole rings is 1. The number of benzene rings is 2. The first-order chi connectivity index (χ1) is 13.3. The number of hydrogen-bond acceptors (Lipinski definition) is 2. The molecule has 0 radical (unpaired) electrons. The number of H-pyrrole nitrogens is 1. The third-order valence-electron chi connectivity index (χ3n) is 7.33. The van der Waals surface area contributed by atoms with Crippen LogP contribution in [0.4, 0.5) is 0 Å². The van der Waals surface area contributed by atoms with Crippen molar-refractivity contribution in [1.82, 2.24) is 9.97 Å². The fourth-order valence-corrected chi connectivity index (χ4v) is 6.57. The average Bonchev–Trinajstić information content (AvgIpc) is 3.08. The standard InChI is InChI=1S/C24H26N2O/c1-2-4-16(5-3-1)15-27-23-25-21-7-6-20(11-22(21)26-23)24-12-17-8-18(13-24)10-19(9-17)14-24/h1-7,11,17-19H,8-10,12-15H2,(H,25,26). The van der Waals surface area contributed by atoms with Crippen LogP contribution in [0.3, 0.4) is 0 Å². The predicted octanol–water partition coefficient (Wildman–Crippen LogP) is 5.61. The van der Waals surface area contributed by atoms with Gasteiger partial charge in [0.05, 0.1) is 11.0 Å². The summed E-state index contributed by atoms with van der Waals surface area (Å²) in [5, 5.41) is 0. The van der Waals surface area contributed by atoms with E-state index in [1.807, 2.05) is 18.2 Å². The summed E-state index contributed by atoms with van der Waals surface area (Å²) < 4.78 is 5.90. The van der Waals surface area contributed by atoms with Gasteiger partial charge in [-0.25, -0.2) is 0 Å². The van der Waals surface area contributed by atoms with Gasteiger partial charge in [0.25, 0.3) is 6.01 Å². The Morgan fingerprint density at radius 1 is 0.926 bits per heavy atom. The normalized spacial score (nSPS) is 31.5. The molecule has 4 saturated carbocycles. The highest BCUT2D eigenvalue weighted by Gasteiger charge is 2.51. The first-order valence-corrected chi connectivity index (χ1v) is 10.4. The zero-order valence-corrected chi connectivity index (χ0v) is 15.7. The second-order valence-electron chi connectivity index (χ2n) is 9.25. The van der Waals surface area contributed by atoms with E-state index in [4.69, 9.17) is 4.74 Å². The molecule has 3 heteroatoms. The monoisotopic (exact) mass is 358 g/mol. The smallest absolute Gasteiger partial charge is 0.294 e. The molecule has 4 aliphatic carbocycles. The topological polar surface area (TPSA) is 37.9 Å². The van der Waals surface area contributed by atoms with Crippen molar-refractivity contribution in [3.05, 3.63) is 59.7 Å². The molecule has 2 aromatic carbocycles. The summed E-state index contributed by atoms with van der Waals surface area (Å²) in [5.74, 6) is 2.91. The molecule has 0 unspecified atom stereocenters. The highest BCUT2D eigenvalue weighted by atomic mass is 16.5. The van der Waals surface area contributed by atoms with E-state index >= 15 is 0 Å². The van der Waals surface area contributed by atoms with Crippen molar-refractivity contribution in [2.75, 3.05) is 0 Å². The largest absolute Gasteiger partial charge is 0.460 e. The summed E-state index contributed by atoms with van der Waals surface area (Å²) in [5.41, 5.74) is 5.25. The van der Waals surface area contributed by atoms with Crippen LogP contribution in [0.15, 0.2) is 48.5 Å². The van der Waals surface area contributed by atoms with Gasteiger partial charge in [-0.15, -0.1) is 0 Å². The van der Waals surface area contributed by atoms with Gasteiger partial charge in [-0.2, -0.15) is 4.98 Å². The number of aromatic amines is 1. The molecule has 1 aromatic heterocycles. The molecule has 138 valence electrons. The van der Waals surface area contributed by atoms with Crippen molar-refractivity contribution in [3.8, 4) is 6.01 Å². The van der Waals surface area contributed by atoms with Crippen LogP contribution in [0, 0.1) is 17.8 Å². The van der Waals surface area contributed by atoms with Crippen LogP contribution in [-0.2, 0) is 12.0 Å². The van der Waals surface area contributed by atoms with Gasteiger partial charge in [-0.1, -0.05) is 36.4 Å². The van der Waals surface area contributed by atoms with E-state index in [2.05, 4.69) is 40.3 Å². The van der Waals surface area contributed by atoms with E-state index in [9.17, 15) is 0 Å². The van der Waals surface area contributed by atoms with Crippen LogP contribution >= 0.6 is 0 Å². The van der Waals surface area contributed by atoms with E-state index in [-0.39, 0.29) is 0 Å². The lowest BCUT2D eigenvalue weighted by molar-refractivity contribution is -0.00513. The first kappa shape index (κ1) is 15.7. The van der Waals surface area contributed by atoms with Gasteiger partial charge in [0.15, 0.2) is 0 Å². The minimum absolute atomic E-state index is 0.430. The maximum Gasteiger partial charge on any atom is 0.294 e. The molecular weight excluding hydrogens is 332 g/mol. The molecule has 3 aromatic rings. The van der Waals surface area contributed by atoms with Gasteiger partial charge in [0, 0.05) is 0 Å². The van der Waals surface area contributed by atoms with E-state index in [1.54, 1.807) is 0 Å². The van der Waals surface area contributed by atoms with Crippen LogP contribution in [0.1, 0.15) is 49.7 Å². The molecule has 1 heterocycles. The van der Waals surface area contributed by atoms with Crippen LogP contribution in [0.5, 0.6) is 6.01 Å². The Balaban J connectivity index is 1.28. The highest BCUT2D eigenvalue weighted by Crippen LogP contribution is 2.60. The van der Waals surface area contributed by atoms with Gasteiger partial charge in [0.2, 0.25) is 0 Å². The van der Waals surface area contributed by atoms with Gasteiger partial charge < -0.3 is 9.72 Å². The molecule has 3 nitrogen and oxygen atoms in total. The van der Waals surface area contributed by atoms with Crippen LogP contribution in [0.2, 0.25) is 0 Å². The van der Waals surface area contributed by atoms with Crippen molar-refractivity contribution in [3.63, 3.8) is 0 Å². The number of ether oxygens (including phenoxy) is 1. The minimum atomic E-state index is 0.430. The van der Waals surface area contributed by atoms with Crippen molar-refractivity contribution in [2.45, 2.75) is 50.5 Å². The Morgan fingerprint density at radius 3 is 2.33 bits per heavy atom. The molecule has 0 spiro atoms. The van der Waals surface area contributed by atoms with E-state index in [0.29, 0.717) is 18.0 Å². The maximum atomic E-state index is 5.90. The number of hydrogen-bond donors (Lipinski definition) is 1. The van der Waals surface area contributed by atoms with Crippen molar-refractivity contribution in [1.29, 1.82) is 0 Å². The molecular formula is C24H26N2O. The number of nitrogens with zero attached hydrogens (tertiary/aromatic N) is 1. The summed E-state index contributed by atoms with van der Waals surface area (Å²) in [7, 11) is 0. The molecule has 0 saturated heterocycles. The Labute approximate surface area is 160 Å². The second kappa shape index (κ2) is 5.85. The summed E-state index contributed by atoms with van der Waals surface area (Å²) in [4.78, 5) is 8.04. The zero-order chi connectivity index (χ0) is 17.8. The molecule has 0 amide bonds. The third-order valence-corrected chi connectivity index (χ3v) is 7.33. The van der Waals surface area contributed by atoms with E-state index < -0.39 is 0 Å². The SMILES string of the molecule is c1ccc(COc2nc3ccc(C45CC6CC(CC(C6)C4)C5)cc3[nH]2)cc1. The number of rotatable bonds is 4. The molecule has 7 rings (SSSR count). The van der Waals surface area contributed by atoms with Crippen LogP contribution in [0.25, 0.3) is 11.0 Å². The van der Waals surface area contributed by atoms with Gasteiger partial charge in [-0.05, 0) is 85.0 Å². The molecule has 27 heavy (non-hydrogen) atoms. The fourth-order valence-electron chi connectivity index (χ4n) is 6.57. The van der Waals surface area contributed by atoms with Crippen molar-refractivity contribution >= 4 is 11.0 Å². The van der Waals surface area contributed by atoms with Crippen molar-refractivity contribution in [2.24, 2.45) is 17.8 Å². The highest BCUT2D eigenvalue weighted by molar-refractivity contribution is 5.77. The number of fused-ring (bicyclic) bond motifs is 1. The lowest BCUT2D eigenvalue weighted by atomic mass is 9.48. The average molecular weight is 358 g/mol. The molecule has 4 bridgehead atoms. The minimum Gasteiger partial charge on any atom is -0.460 e. The van der Waals surface area contributed by atoms with Gasteiger partial charge >= 0.3 is 0 Å². The lowest BCUT2D eigenvalue weighted by Gasteiger charge is -2.57. The Morgan fingerprint density at radius 2 is 1.63 bits per heavy atom. The summed E-state index contributed by atoms with van der Waals surface area (Å²) in [6.45, 7) is 0.544. The molecule has 1 N–H and O–H groups in total. The number of aromatic nitrogens is 2. The molecule has 0 aliphatic heterocycles. The molecule has 0 atom stereocenters. The Kier molecular flexibility index (Phi) is 3.41. The van der Waals surface area contributed by atoms with E-state index in [0.717, 1.165) is 34.4 Å². The van der Waals surface area contributed by atoms with Gasteiger partial charge in [0.1, 0.15) is 6.61 Å². The summed E-state index contributed by atoms with van der Waals surface area (Å²) in [6.07, 6.45) is 8.66.